The third-order valence-electron chi connectivity index (χ3n) is 3.82. The van der Waals surface area contributed by atoms with Crippen LogP contribution in [0, 0.1) is 0 Å². The average molecular weight is 313 g/mol. The molecule has 0 radical (unpaired) electrons. The van der Waals surface area contributed by atoms with E-state index < -0.39 is 10.0 Å². The molecule has 1 N–H and O–H groups in total. The minimum atomic E-state index is -3.50. The van der Waals surface area contributed by atoms with Crippen LogP contribution in [0.5, 0.6) is 0 Å². The molecule has 1 fully saturated rings. The summed E-state index contributed by atoms with van der Waals surface area (Å²) in [5.41, 5.74) is 0.929. The number of hydrogen-bond donors (Lipinski definition) is 1. The molecule has 0 aliphatic carbocycles. The average Bonchev–Trinajstić information content (AvgIpc) is 2.48. The molecule has 6 heteroatoms. The fourth-order valence-electron chi connectivity index (χ4n) is 2.52. The minimum absolute atomic E-state index is 0.0605. The molecule has 5 nitrogen and oxygen atoms in total. The van der Waals surface area contributed by atoms with Crippen molar-refractivity contribution in [1.82, 2.24) is 4.31 Å². The standard InChI is InChI=1S/C15H23NO4S/c1-3-14-11-20-12(2)10-16(14)21(18,19)15-6-4-13(5-7-15)8-9-17/h4-7,12,14,17H,3,8-11H2,1-2H3. The Balaban J connectivity index is 2.26. The van der Waals surface area contributed by atoms with Gasteiger partial charge < -0.3 is 9.84 Å². The fraction of sp³-hybridized carbons (Fsp3) is 0.600. The first-order valence-corrected chi connectivity index (χ1v) is 8.76. The molecule has 0 amide bonds. The van der Waals surface area contributed by atoms with Gasteiger partial charge in [0.25, 0.3) is 0 Å². The van der Waals surface area contributed by atoms with E-state index in [0.29, 0.717) is 24.5 Å². The van der Waals surface area contributed by atoms with E-state index in [1.807, 2.05) is 13.8 Å². The molecule has 1 aliphatic rings. The van der Waals surface area contributed by atoms with Crippen LogP contribution in [-0.2, 0) is 21.2 Å². The Morgan fingerprint density at radius 1 is 1.33 bits per heavy atom. The van der Waals surface area contributed by atoms with E-state index in [0.717, 1.165) is 12.0 Å². The van der Waals surface area contributed by atoms with Crippen molar-refractivity contribution in [3.63, 3.8) is 0 Å². The van der Waals surface area contributed by atoms with E-state index in [9.17, 15) is 8.42 Å². The second kappa shape index (κ2) is 6.87. The van der Waals surface area contributed by atoms with Gasteiger partial charge >= 0.3 is 0 Å². The highest BCUT2D eigenvalue weighted by Gasteiger charge is 2.35. The SMILES string of the molecule is CCC1COC(C)CN1S(=O)(=O)c1ccc(CCO)cc1. The van der Waals surface area contributed by atoms with Crippen LogP contribution in [0.4, 0.5) is 0 Å². The third kappa shape index (κ3) is 3.63. The van der Waals surface area contributed by atoms with Crippen molar-refractivity contribution in [2.45, 2.75) is 43.7 Å². The third-order valence-corrected chi connectivity index (χ3v) is 5.75. The van der Waals surface area contributed by atoms with E-state index in [2.05, 4.69) is 0 Å². The van der Waals surface area contributed by atoms with Crippen molar-refractivity contribution >= 4 is 10.0 Å². The second-order valence-corrected chi connectivity index (χ2v) is 7.29. The normalized spacial score (nSPS) is 24.1. The molecule has 0 saturated carbocycles. The monoisotopic (exact) mass is 313 g/mol. The maximum absolute atomic E-state index is 12.8. The zero-order valence-electron chi connectivity index (χ0n) is 12.5. The molecule has 0 bridgehead atoms. The predicted octanol–water partition coefficient (Wildman–Crippen LogP) is 1.41. The Bertz CT molecular complexity index is 556. The van der Waals surface area contributed by atoms with Crippen molar-refractivity contribution in [2.75, 3.05) is 19.8 Å². The largest absolute Gasteiger partial charge is 0.396 e. The molecule has 1 aromatic carbocycles. The Kier molecular flexibility index (Phi) is 5.37. The highest BCUT2D eigenvalue weighted by atomic mass is 32.2. The van der Waals surface area contributed by atoms with Crippen LogP contribution in [0.1, 0.15) is 25.8 Å². The lowest BCUT2D eigenvalue weighted by atomic mass is 10.2. The lowest BCUT2D eigenvalue weighted by molar-refractivity contribution is -0.0230. The van der Waals surface area contributed by atoms with Gasteiger partial charge in [0, 0.05) is 19.2 Å². The molecule has 0 aromatic heterocycles. The van der Waals surface area contributed by atoms with Crippen LogP contribution < -0.4 is 0 Å². The molecular formula is C15H23NO4S. The van der Waals surface area contributed by atoms with Crippen LogP contribution in [0.15, 0.2) is 29.2 Å². The van der Waals surface area contributed by atoms with Gasteiger partial charge in [-0.25, -0.2) is 8.42 Å². The topological polar surface area (TPSA) is 66.8 Å². The minimum Gasteiger partial charge on any atom is -0.396 e. The summed E-state index contributed by atoms with van der Waals surface area (Å²) in [4.78, 5) is 0.303. The van der Waals surface area contributed by atoms with Crippen molar-refractivity contribution in [3.05, 3.63) is 29.8 Å². The van der Waals surface area contributed by atoms with E-state index >= 15 is 0 Å². The Morgan fingerprint density at radius 2 is 2.00 bits per heavy atom. The lowest BCUT2D eigenvalue weighted by Gasteiger charge is -2.37. The summed E-state index contributed by atoms with van der Waals surface area (Å²) in [6.45, 7) is 4.75. The lowest BCUT2D eigenvalue weighted by Crippen LogP contribution is -2.51. The molecule has 2 rings (SSSR count). The molecule has 1 saturated heterocycles. The molecule has 1 aliphatic heterocycles. The first-order valence-electron chi connectivity index (χ1n) is 7.32. The van der Waals surface area contributed by atoms with Gasteiger partial charge in [-0.2, -0.15) is 4.31 Å². The summed E-state index contributed by atoms with van der Waals surface area (Å²) in [5, 5.41) is 8.91. The summed E-state index contributed by atoms with van der Waals surface area (Å²) in [7, 11) is -3.50. The van der Waals surface area contributed by atoms with Crippen LogP contribution >= 0.6 is 0 Å². The number of aliphatic hydroxyl groups is 1. The van der Waals surface area contributed by atoms with Crippen LogP contribution in [-0.4, -0.2) is 49.7 Å². The van der Waals surface area contributed by atoms with Crippen molar-refractivity contribution in [2.24, 2.45) is 0 Å². The molecule has 21 heavy (non-hydrogen) atoms. The van der Waals surface area contributed by atoms with Gasteiger partial charge in [-0.05, 0) is 37.5 Å². The first kappa shape index (κ1) is 16.4. The number of nitrogens with zero attached hydrogens (tertiary/aromatic N) is 1. The van der Waals surface area contributed by atoms with E-state index in [4.69, 9.17) is 9.84 Å². The maximum atomic E-state index is 12.8. The number of aliphatic hydroxyl groups excluding tert-OH is 1. The molecule has 118 valence electrons. The van der Waals surface area contributed by atoms with Gasteiger partial charge in [-0.15, -0.1) is 0 Å². The number of rotatable bonds is 5. The molecule has 2 unspecified atom stereocenters. The highest BCUT2D eigenvalue weighted by Crippen LogP contribution is 2.24. The van der Waals surface area contributed by atoms with E-state index in [1.165, 1.54) is 0 Å². The van der Waals surface area contributed by atoms with Crippen molar-refractivity contribution in [3.8, 4) is 0 Å². The maximum Gasteiger partial charge on any atom is 0.243 e. The Labute approximate surface area is 126 Å². The molecule has 1 aromatic rings. The number of sulfonamides is 1. The second-order valence-electron chi connectivity index (χ2n) is 5.40. The fourth-order valence-corrected chi connectivity index (χ4v) is 4.28. The van der Waals surface area contributed by atoms with E-state index in [-0.39, 0.29) is 18.8 Å². The van der Waals surface area contributed by atoms with Crippen LogP contribution in [0.25, 0.3) is 0 Å². The summed E-state index contributed by atoms with van der Waals surface area (Å²) in [5.74, 6) is 0. The number of morpholine rings is 1. The summed E-state index contributed by atoms with van der Waals surface area (Å²) >= 11 is 0. The quantitative estimate of drug-likeness (QED) is 0.892. The number of hydrogen-bond acceptors (Lipinski definition) is 4. The van der Waals surface area contributed by atoms with Crippen LogP contribution in [0.3, 0.4) is 0 Å². The molecule has 2 atom stereocenters. The zero-order chi connectivity index (χ0) is 15.5. The molecule has 1 heterocycles. The number of ether oxygens (including phenoxy) is 1. The van der Waals surface area contributed by atoms with Crippen molar-refractivity contribution < 1.29 is 18.3 Å². The van der Waals surface area contributed by atoms with Gasteiger partial charge in [-0.3, -0.25) is 0 Å². The predicted molar refractivity (Wildman–Crippen MR) is 80.6 cm³/mol. The Morgan fingerprint density at radius 3 is 2.57 bits per heavy atom. The number of benzene rings is 1. The van der Waals surface area contributed by atoms with Gasteiger partial charge in [0.2, 0.25) is 10.0 Å². The molecular weight excluding hydrogens is 290 g/mol. The van der Waals surface area contributed by atoms with Gasteiger partial charge in [0.1, 0.15) is 0 Å². The zero-order valence-corrected chi connectivity index (χ0v) is 13.3. The van der Waals surface area contributed by atoms with E-state index in [1.54, 1.807) is 28.6 Å². The van der Waals surface area contributed by atoms with Crippen molar-refractivity contribution in [1.29, 1.82) is 0 Å². The smallest absolute Gasteiger partial charge is 0.243 e. The van der Waals surface area contributed by atoms with Crippen LogP contribution in [0.2, 0.25) is 0 Å². The summed E-state index contributed by atoms with van der Waals surface area (Å²) < 4.78 is 32.7. The Hall–Kier alpha value is -0.950. The first-order chi connectivity index (χ1) is 9.98. The van der Waals surface area contributed by atoms with Gasteiger partial charge in [-0.1, -0.05) is 19.1 Å². The molecule has 0 spiro atoms. The van der Waals surface area contributed by atoms with Gasteiger partial charge in [0.15, 0.2) is 0 Å². The summed E-state index contributed by atoms with van der Waals surface area (Å²) in [6.07, 6.45) is 1.18. The summed E-state index contributed by atoms with van der Waals surface area (Å²) in [6, 6.07) is 6.64. The van der Waals surface area contributed by atoms with Gasteiger partial charge in [0.05, 0.1) is 17.6 Å². The highest BCUT2D eigenvalue weighted by molar-refractivity contribution is 7.89.